The quantitative estimate of drug-likeness (QED) is 0.687. The van der Waals surface area contributed by atoms with E-state index >= 15 is 0 Å². The third-order valence-electron chi connectivity index (χ3n) is 5.59. The SMILES string of the molecule is CN1C(=O)CCC(N2C(=O)c3cccc(CNC(=O)c4ccc(Cl)c(Cl)c4)c3C2=O)C1=O. The first-order valence-corrected chi connectivity index (χ1v) is 10.5. The van der Waals surface area contributed by atoms with Gasteiger partial charge in [0.15, 0.2) is 0 Å². The van der Waals surface area contributed by atoms with Gasteiger partial charge >= 0.3 is 0 Å². The highest BCUT2D eigenvalue weighted by Gasteiger charge is 2.46. The molecule has 1 saturated heterocycles. The average molecular weight is 474 g/mol. The van der Waals surface area contributed by atoms with Crippen LogP contribution in [0.5, 0.6) is 0 Å². The lowest BCUT2D eigenvalue weighted by atomic mass is 10.0. The molecule has 10 heteroatoms. The van der Waals surface area contributed by atoms with Gasteiger partial charge in [0, 0.05) is 25.6 Å². The third kappa shape index (κ3) is 3.65. The van der Waals surface area contributed by atoms with Crippen molar-refractivity contribution in [1.29, 1.82) is 0 Å². The number of hydrogen-bond donors (Lipinski definition) is 1. The molecule has 2 heterocycles. The monoisotopic (exact) mass is 473 g/mol. The molecule has 0 radical (unpaired) electrons. The van der Waals surface area contributed by atoms with E-state index in [-0.39, 0.29) is 47.0 Å². The van der Waals surface area contributed by atoms with Crippen LogP contribution < -0.4 is 5.32 Å². The maximum Gasteiger partial charge on any atom is 0.262 e. The minimum absolute atomic E-state index is 0.0217. The Morgan fingerprint density at radius 3 is 2.53 bits per heavy atom. The van der Waals surface area contributed by atoms with Crippen LogP contribution in [0, 0.1) is 0 Å². The van der Waals surface area contributed by atoms with Gasteiger partial charge in [-0.3, -0.25) is 33.8 Å². The maximum atomic E-state index is 13.2. The van der Waals surface area contributed by atoms with Crippen LogP contribution in [0.2, 0.25) is 10.0 Å². The molecule has 2 aromatic carbocycles. The average Bonchev–Trinajstić information content (AvgIpc) is 3.03. The minimum atomic E-state index is -1.04. The number of likely N-dealkylation sites (tertiary alicyclic amines) is 1. The molecule has 32 heavy (non-hydrogen) atoms. The summed E-state index contributed by atoms with van der Waals surface area (Å²) in [6, 6.07) is 8.14. The molecule has 8 nitrogen and oxygen atoms in total. The summed E-state index contributed by atoms with van der Waals surface area (Å²) in [5.41, 5.74) is 1.02. The van der Waals surface area contributed by atoms with Crippen LogP contribution in [0.1, 0.15) is 49.5 Å². The van der Waals surface area contributed by atoms with E-state index in [4.69, 9.17) is 23.2 Å². The van der Waals surface area contributed by atoms with E-state index in [1.165, 1.54) is 31.3 Å². The van der Waals surface area contributed by atoms with Crippen LogP contribution in [-0.4, -0.2) is 52.4 Å². The topological polar surface area (TPSA) is 104 Å². The first kappa shape index (κ1) is 22.0. The second-order valence-electron chi connectivity index (χ2n) is 7.48. The predicted octanol–water partition coefficient (Wildman–Crippen LogP) is 2.67. The van der Waals surface area contributed by atoms with Crippen molar-refractivity contribution in [1.82, 2.24) is 15.1 Å². The third-order valence-corrected chi connectivity index (χ3v) is 6.33. The molecule has 1 fully saturated rings. The fourth-order valence-electron chi connectivity index (χ4n) is 3.86. The number of piperidine rings is 1. The molecule has 0 saturated carbocycles. The zero-order chi connectivity index (χ0) is 23.2. The van der Waals surface area contributed by atoms with Gasteiger partial charge in [0.25, 0.3) is 23.6 Å². The van der Waals surface area contributed by atoms with E-state index in [1.54, 1.807) is 12.1 Å². The van der Waals surface area contributed by atoms with E-state index in [0.29, 0.717) is 10.6 Å². The largest absolute Gasteiger partial charge is 0.348 e. The number of nitrogens with zero attached hydrogens (tertiary/aromatic N) is 2. The molecule has 0 spiro atoms. The summed E-state index contributed by atoms with van der Waals surface area (Å²) in [6.07, 6.45) is 0.143. The molecule has 1 unspecified atom stereocenters. The van der Waals surface area contributed by atoms with Crippen LogP contribution >= 0.6 is 23.2 Å². The first-order valence-electron chi connectivity index (χ1n) is 9.74. The molecule has 164 valence electrons. The zero-order valence-corrected chi connectivity index (χ0v) is 18.4. The number of hydrogen-bond acceptors (Lipinski definition) is 5. The van der Waals surface area contributed by atoms with Crippen molar-refractivity contribution < 1.29 is 24.0 Å². The molecule has 1 atom stereocenters. The number of fused-ring (bicyclic) bond motifs is 1. The van der Waals surface area contributed by atoms with E-state index in [9.17, 15) is 24.0 Å². The Hall–Kier alpha value is -3.23. The minimum Gasteiger partial charge on any atom is -0.348 e. The Bertz CT molecular complexity index is 1200. The molecular formula is C22H17Cl2N3O5. The molecule has 0 aliphatic carbocycles. The summed E-state index contributed by atoms with van der Waals surface area (Å²) in [7, 11) is 1.33. The molecule has 0 bridgehead atoms. The highest BCUT2D eigenvalue weighted by molar-refractivity contribution is 6.42. The van der Waals surface area contributed by atoms with E-state index < -0.39 is 29.7 Å². The summed E-state index contributed by atoms with van der Waals surface area (Å²) in [6.45, 7) is -0.0217. The van der Waals surface area contributed by atoms with E-state index in [1.807, 2.05) is 0 Å². The summed E-state index contributed by atoms with van der Waals surface area (Å²) in [4.78, 5) is 64.8. The van der Waals surface area contributed by atoms with Gasteiger partial charge in [-0.15, -0.1) is 0 Å². The van der Waals surface area contributed by atoms with Crippen molar-refractivity contribution in [2.75, 3.05) is 7.05 Å². The van der Waals surface area contributed by atoms with E-state index in [2.05, 4.69) is 5.32 Å². The number of halogens is 2. The Morgan fingerprint density at radius 1 is 1.06 bits per heavy atom. The number of imide groups is 2. The smallest absolute Gasteiger partial charge is 0.262 e. The van der Waals surface area contributed by atoms with Gasteiger partial charge in [-0.25, -0.2) is 0 Å². The van der Waals surface area contributed by atoms with Crippen LogP contribution in [0.3, 0.4) is 0 Å². The van der Waals surface area contributed by atoms with Crippen molar-refractivity contribution in [2.45, 2.75) is 25.4 Å². The first-order chi connectivity index (χ1) is 15.2. The van der Waals surface area contributed by atoms with Gasteiger partial charge in [0.2, 0.25) is 5.91 Å². The van der Waals surface area contributed by atoms with Gasteiger partial charge in [0.05, 0.1) is 21.2 Å². The Kier molecular flexibility index (Phi) is 5.75. The molecule has 4 rings (SSSR count). The summed E-state index contributed by atoms with van der Waals surface area (Å²) < 4.78 is 0. The van der Waals surface area contributed by atoms with Crippen molar-refractivity contribution in [2.24, 2.45) is 0 Å². The molecule has 0 aromatic heterocycles. The molecule has 1 N–H and O–H groups in total. The van der Waals surface area contributed by atoms with Gasteiger partial charge in [-0.1, -0.05) is 35.3 Å². The fourth-order valence-corrected chi connectivity index (χ4v) is 4.15. The predicted molar refractivity (Wildman–Crippen MR) is 115 cm³/mol. The second kappa shape index (κ2) is 8.37. The fraction of sp³-hybridized carbons (Fsp3) is 0.227. The second-order valence-corrected chi connectivity index (χ2v) is 8.29. The van der Waals surface area contributed by atoms with Crippen LogP contribution in [0.4, 0.5) is 0 Å². The summed E-state index contributed by atoms with van der Waals surface area (Å²) in [5.74, 6) is -2.59. The number of benzene rings is 2. The number of carbonyl (C=O) groups excluding carboxylic acids is 5. The lowest BCUT2D eigenvalue weighted by Gasteiger charge is -2.32. The van der Waals surface area contributed by atoms with Gasteiger partial charge in [0.1, 0.15) is 6.04 Å². The van der Waals surface area contributed by atoms with Gasteiger partial charge in [-0.05, 0) is 36.2 Å². The highest BCUT2D eigenvalue weighted by atomic mass is 35.5. The van der Waals surface area contributed by atoms with Crippen molar-refractivity contribution in [3.63, 3.8) is 0 Å². The molecule has 2 aromatic rings. The van der Waals surface area contributed by atoms with Crippen LogP contribution in [0.25, 0.3) is 0 Å². The normalized spacial score (nSPS) is 18.3. The molecule has 2 aliphatic heterocycles. The van der Waals surface area contributed by atoms with Gasteiger partial charge < -0.3 is 5.32 Å². The van der Waals surface area contributed by atoms with Crippen molar-refractivity contribution in [3.05, 3.63) is 68.7 Å². The number of amides is 5. The van der Waals surface area contributed by atoms with Crippen molar-refractivity contribution in [3.8, 4) is 0 Å². The molecule has 2 aliphatic rings. The number of nitrogens with one attached hydrogen (secondary N) is 1. The van der Waals surface area contributed by atoms with Crippen LogP contribution in [0.15, 0.2) is 36.4 Å². The number of likely N-dealkylation sites (N-methyl/N-ethyl adjacent to an activating group) is 1. The molecule has 5 amide bonds. The summed E-state index contributed by atoms with van der Waals surface area (Å²) >= 11 is 11.8. The Labute approximate surface area is 193 Å². The lowest BCUT2D eigenvalue weighted by molar-refractivity contribution is -0.149. The summed E-state index contributed by atoms with van der Waals surface area (Å²) in [5, 5.41) is 3.25. The number of rotatable bonds is 4. The lowest BCUT2D eigenvalue weighted by Crippen LogP contribution is -2.54. The zero-order valence-electron chi connectivity index (χ0n) is 16.9. The van der Waals surface area contributed by atoms with Gasteiger partial charge in [-0.2, -0.15) is 0 Å². The van der Waals surface area contributed by atoms with Crippen molar-refractivity contribution >= 4 is 52.7 Å². The van der Waals surface area contributed by atoms with Crippen LogP contribution in [-0.2, 0) is 16.1 Å². The van der Waals surface area contributed by atoms with E-state index in [0.717, 1.165) is 9.80 Å². The Balaban J connectivity index is 1.57. The standard InChI is InChI=1S/C22H17Cl2N3O5/c1-26-17(28)8-7-16(21(26)31)27-20(30)13-4-2-3-12(18(13)22(27)32)10-25-19(29)11-5-6-14(23)15(24)9-11/h2-6,9,16H,7-8,10H2,1H3,(H,25,29). The highest BCUT2D eigenvalue weighted by Crippen LogP contribution is 2.31. The number of carbonyl (C=O) groups is 5. The maximum absolute atomic E-state index is 13.2. The molecular weight excluding hydrogens is 457 g/mol. The Morgan fingerprint density at radius 2 is 1.81 bits per heavy atom.